The van der Waals surface area contributed by atoms with Crippen LogP contribution in [0.5, 0.6) is 0 Å². The Labute approximate surface area is 250 Å². The van der Waals surface area contributed by atoms with Crippen molar-refractivity contribution in [3.8, 4) is 0 Å². The summed E-state index contributed by atoms with van der Waals surface area (Å²) in [6.45, 7) is 14.0. The van der Waals surface area contributed by atoms with Crippen LogP contribution in [-0.4, -0.2) is 50.0 Å². The van der Waals surface area contributed by atoms with Gasteiger partial charge in [0.05, 0.1) is 39.1 Å². The lowest BCUT2D eigenvalue weighted by Crippen LogP contribution is -2.61. The molecule has 1 saturated heterocycles. The van der Waals surface area contributed by atoms with Gasteiger partial charge >= 0.3 is 0 Å². The lowest BCUT2D eigenvalue weighted by molar-refractivity contribution is -0.289. The number of rotatable bonds is 17. The molecule has 3 aromatic carbocycles. The van der Waals surface area contributed by atoms with E-state index in [1.165, 1.54) is 0 Å². The normalized spacial score (nSPS) is 22.9. The first-order chi connectivity index (χ1) is 20.6. The second kappa shape index (κ2) is 17.1. The first-order valence-corrected chi connectivity index (χ1v) is 14.7. The maximum Gasteiger partial charge on any atom is 0.177 e. The van der Waals surface area contributed by atoms with Gasteiger partial charge in [-0.1, -0.05) is 117 Å². The molecule has 0 unspecified atom stereocenters. The van der Waals surface area contributed by atoms with Crippen LogP contribution in [0.2, 0.25) is 0 Å². The molecule has 0 aliphatic carbocycles. The van der Waals surface area contributed by atoms with Gasteiger partial charge in [0.1, 0.15) is 24.4 Å². The van der Waals surface area contributed by atoms with Gasteiger partial charge in [0.15, 0.2) is 6.29 Å². The highest BCUT2D eigenvalue weighted by Crippen LogP contribution is 2.31. The van der Waals surface area contributed by atoms with Crippen molar-refractivity contribution in [2.45, 2.75) is 76.9 Å². The summed E-state index contributed by atoms with van der Waals surface area (Å²) >= 11 is 0. The summed E-state index contributed by atoms with van der Waals surface area (Å²) in [6.07, 6.45) is -0.311. The van der Waals surface area contributed by atoms with E-state index in [0.717, 1.165) is 28.7 Å². The number of hydrogen-bond acceptors (Lipinski definition) is 6. The van der Waals surface area contributed by atoms with Crippen LogP contribution in [0.25, 0.3) is 0 Å². The van der Waals surface area contributed by atoms with Gasteiger partial charge in [-0.05, 0) is 36.1 Å². The first kappa shape index (κ1) is 31.8. The number of benzene rings is 3. The predicted molar refractivity (Wildman–Crippen MR) is 165 cm³/mol. The van der Waals surface area contributed by atoms with Gasteiger partial charge < -0.3 is 28.4 Å². The van der Waals surface area contributed by atoms with Crippen molar-refractivity contribution in [2.75, 3.05) is 13.2 Å². The molecule has 0 N–H and O–H groups in total. The molecule has 224 valence electrons. The van der Waals surface area contributed by atoms with Crippen molar-refractivity contribution in [2.24, 2.45) is 0 Å². The standard InChI is InChI=1S/C36H44O6/c1-5-27(3)22-38-33(6-2)42-34-28(4)41-32(26-37-23-29-16-10-7-11-17-29)35(39-24-30-18-12-8-13-19-30)36(34)40-25-31-20-14-9-15-21-31/h6-21,28,32-36H,2-3,5,22-26H2,1,4H3/t28-,32+,33-,34-,35+,36+/m0/s1. The highest BCUT2D eigenvalue weighted by Gasteiger charge is 2.47. The topological polar surface area (TPSA) is 55.4 Å². The van der Waals surface area contributed by atoms with Gasteiger partial charge in [0.25, 0.3) is 0 Å². The minimum absolute atomic E-state index is 0.326. The van der Waals surface area contributed by atoms with Gasteiger partial charge in [-0.15, -0.1) is 0 Å². The maximum atomic E-state index is 6.65. The largest absolute Gasteiger partial charge is 0.374 e. The summed E-state index contributed by atoms with van der Waals surface area (Å²) < 4.78 is 38.5. The van der Waals surface area contributed by atoms with E-state index in [2.05, 4.69) is 20.1 Å². The second-order valence-electron chi connectivity index (χ2n) is 10.5. The van der Waals surface area contributed by atoms with Crippen LogP contribution in [0.15, 0.2) is 116 Å². The van der Waals surface area contributed by atoms with Crippen LogP contribution >= 0.6 is 0 Å². The van der Waals surface area contributed by atoms with Gasteiger partial charge in [-0.25, -0.2) is 0 Å². The molecule has 0 bridgehead atoms. The molecule has 1 aliphatic heterocycles. The smallest absolute Gasteiger partial charge is 0.177 e. The van der Waals surface area contributed by atoms with E-state index in [1.54, 1.807) is 6.08 Å². The van der Waals surface area contributed by atoms with E-state index in [4.69, 9.17) is 28.4 Å². The Morgan fingerprint density at radius 3 is 1.83 bits per heavy atom. The SMILES string of the molecule is C=C[C@@H](OCC(=C)CC)O[C@@H]1[C@@H](OCc2ccccc2)[C@H](OCc2ccccc2)[C@@H](COCc2ccccc2)O[C@H]1C. The quantitative estimate of drug-likeness (QED) is 0.128. The Bertz CT molecular complexity index is 1190. The molecule has 0 radical (unpaired) electrons. The molecule has 0 spiro atoms. The minimum Gasteiger partial charge on any atom is -0.374 e. The van der Waals surface area contributed by atoms with Crippen LogP contribution in [0, 0.1) is 0 Å². The van der Waals surface area contributed by atoms with E-state index >= 15 is 0 Å². The van der Waals surface area contributed by atoms with Crippen molar-refractivity contribution >= 4 is 0 Å². The van der Waals surface area contributed by atoms with Crippen molar-refractivity contribution in [1.29, 1.82) is 0 Å². The number of ether oxygens (including phenoxy) is 6. The second-order valence-corrected chi connectivity index (χ2v) is 10.5. The molecular weight excluding hydrogens is 528 g/mol. The summed E-state index contributed by atoms with van der Waals surface area (Å²) in [5.41, 5.74) is 4.20. The lowest BCUT2D eigenvalue weighted by atomic mass is 9.94. The summed E-state index contributed by atoms with van der Waals surface area (Å²) in [7, 11) is 0. The van der Waals surface area contributed by atoms with Gasteiger partial charge in [0.2, 0.25) is 0 Å². The van der Waals surface area contributed by atoms with Crippen LogP contribution in [-0.2, 0) is 48.2 Å². The van der Waals surface area contributed by atoms with E-state index in [-0.39, 0.29) is 12.2 Å². The summed E-state index contributed by atoms with van der Waals surface area (Å²) in [6, 6.07) is 30.3. The first-order valence-electron chi connectivity index (χ1n) is 14.7. The van der Waals surface area contributed by atoms with Crippen molar-refractivity contribution < 1.29 is 28.4 Å². The van der Waals surface area contributed by atoms with Gasteiger partial charge in [-0.2, -0.15) is 0 Å². The van der Waals surface area contributed by atoms with E-state index in [1.807, 2.05) is 97.9 Å². The van der Waals surface area contributed by atoms with Crippen LogP contribution in [0.3, 0.4) is 0 Å². The van der Waals surface area contributed by atoms with Gasteiger partial charge in [-0.3, -0.25) is 0 Å². The summed E-state index contributed by atoms with van der Waals surface area (Å²) in [5, 5.41) is 0. The fourth-order valence-corrected chi connectivity index (χ4v) is 4.83. The molecular formula is C36H44O6. The molecule has 1 aliphatic rings. The fourth-order valence-electron chi connectivity index (χ4n) is 4.83. The molecule has 1 heterocycles. The van der Waals surface area contributed by atoms with Gasteiger partial charge in [0, 0.05) is 0 Å². The van der Waals surface area contributed by atoms with Crippen LogP contribution < -0.4 is 0 Å². The highest BCUT2D eigenvalue weighted by atomic mass is 16.7. The molecule has 6 nitrogen and oxygen atoms in total. The van der Waals surface area contributed by atoms with Crippen molar-refractivity contribution in [3.63, 3.8) is 0 Å². The molecule has 1 fully saturated rings. The van der Waals surface area contributed by atoms with E-state index in [0.29, 0.717) is 33.0 Å². The molecule has 3 aromatic rings. The average molecular weight is 573 g/mol. The molecule has 4 rings (SSSR count). The van der Waals surface area contributed by atoms with E-state index < -0.39 is 24.6 Å². The minimum atomic E-state index is -0.659. The third-order valence-corrected chi connectivity index (χ3v) is 7.27. The fraction of sp³-hybridized carbons (Fsp3) is 0.389. The Morgan fingerprint density at radius 2 is 1.31 bits per heavy atom. The summed E-state index contributed by atoms with van der Waals surface area (Å²) in [4.78, 5) is 0. The predicted octanol–water partition coefficient (Wildman–Crippen LogP) is 7.04. The molecule has 42 heavy (non-hydrogen) atoms. The Hall–Kier alpha value is -3.10. The molecule has 6 atom stereocenters. The third kappa shape index (κ3) is 9.73. The Balaban J connectivity index is 1.56. The highest BCUT2D eigenvalue weighted by molar-refractivity contribution is 5.15. The van der Waals surface area contributed by atoms with E-state index in [9.17, 15) is 0 Å². The lowest BCUT2D eigenvalue weighted by Gasteiger charge is -2.46. The molecule has 0 amide bonds. The molecule has 0 aromatic heterocycles. The summed E-state index contributed by atoms with van der Waals surface area (Å²) in [5.74, 6) is 0. The monoisotopic (exact) mass is 572 g/mol. The van der Waals surface area contributed by atoms with Crippen molar-refractivity contribution in [1.82, 2.24) is 0 Å². The number of hydrogen-bond donors (Lipinski definition) is 0. The Kier molecular flexibility index (Phi) is 13.0. The third-order valence-electron chi connectivity index (χ3n) is 7.27. The van der Waals surface area contributed by atoms with Crippen LogP contribution in [0.4, 0.5) is 0 Å². The Morgan fingerprint density at radius 1 is 0.786 bits per heavy atom. The van der Waals surface area contributed by atoms with Crippen LogP contribution in [0.1, 0.15) is 37.0 Å². The average Bonchev–Trinajstić information content (AvgIpc) is 3.03. The zero-order valence-electron chi connectivity index (χ0n) is 24.8. The molecule has 0 saturated carbocycles. The zero-order valence-corrected chi connectivity index (χ0v) is 24.8. The van der Waals surface area contributed by atoms with Crippen molar-refractivity contribution in [3.05, 3.63) is 132 Å². The zero-order chi connectivity index (χ0) is 29.6. The maximum absolute atomic E-state index is 6.65. The molecule has 6 heteroatoms.